The highest BCUT2D eigenvalue weighted by molar-refractivity contribution is 4.81. The van der Waals surface area contributed by atoms with E-state index >= 15 is 0 Å². The van der Waals surface area contributed by atoms with Gasteiger partial charge in [0.1, 0.15) is 0 Å². The first-order chi connectivity index (χ1) is 8.42. The van der Waals surface area contributed by atoms with E-state index in [1.54, 1.807) is 0 Å². The summed E-state index contributed by atoms with van der Waals surface area (Å²) >= 11 is 0. The zero-order valence-corrected chi connectivity index (χ0v) is 11.7. The molecule has 17 heavy (non-hydrogen) atoms. The van der Waals surface area contributed by atoms with E-state index in [9.17, 15) is 0 Å². The van der Waals surface area contributed by atoms with Crippen LogP contribution < -0.4 is 0 Å². The SMILES string of the molecule is CCCCCCN1CCCN2CCCCCC12. The van der Waals surface area contributed by atoms with Crippen molar-refractivity contribution in [3.05, 3.63) is 0 Å². The van der Waals surface area contributed by atoms with Gasteiger partial charge in [-0.2, -0.15) is 0 Å². The van der Waals surface area contributed by atoms with Crippen molar-refractivity contribution in [3.63, 3.8) is 0 Å². The monoisotopic (exact) mass is 238 g/mol. The maximum absolute atomic E-state index is 2.78. The smallest absolute Gasteiger partial charge is 0.0622 e. The molecule has 1 atom stereocenters. The lowest BCUT2D eigenvalue weighted by Gasteiger charge is -2.43. The van der Waals surface area contributed by atoms with Crippen LogP contribution in [0, 0.1) is 0 Å². The summed E-state index contributed by atoms with van der Waals surface area (Å²) in [6.07, 6.45) is 13.6. The Morgan fingerprint density at radius 2 is 1.76 bits per heavy atom. The van der Waals surface area contributed by atoms with Crippen LogP contribution in [0.3, 0.4) is 0 Å². The highest BCUT2D eigenvalue weighted by atomic mass is 15.4. The zero-order valence-electron chi connectivity index (χ0n) is 11.7. The lowest BCUT2D eigenvalue weighted by molar-refractivity contribution is 0.00427. The summed E-state index contributed by atoms with van der Waals surface area (Å²) in [5.74, 6) is 0. The molecule has 2 aliphatic rings. The van der Waals surface area contributed by atoms with E-state index in [2.05, 4.69) is 16.7 Å². The third-order valence-corrected chi connectivity index (χ3v) is 4.44. The second-order valence-electron chi connectivity index (χ2n) is 5.82. The highest BCUT2D eigenvalue weighted by Crippen LogP contribution is 2.24. The van der Waals surface area contributed by atoms with Gasteiger partial charge in [0.2, 0.25) is 0 Å². The summed E-state index contributed by atoms with van der Waals surface area (Å²) in [5, 5.41) is 0. The van der Waals surface area contributed by atoms with E-state index in [4.69, 9.17) is 0 Å². The van der Waals surface area contributed by atoms with E-state index in [1.807, 2.05) is 0 Å². The van der Waals surface area contributed by atoms with E-state index in [1.165, 1.54) is 84.0 Å². The van der Waals surface area contributed by atoms with Crippen LogP contribution in [0.25, 0.3) is 0 Å². The van der Waals surface area contributed by atoms with Gasteiger partial charge >= 0.3 is 0 Å². The molecule has 0 aromatic carbocycles. The van der Waals surface area contributed by atoms with Gasteiger partial charge in [-0.1, -0.05) is 39.0 Å². The summed E-state index contributed by atoms with van der Waals surface area (Å²) in [5.41, 5.74) is 0. The zero-order chi connectivity index (χ0) is 11.9. The molecule has 0 N–H and O–H groups in total. The van der Waals surface area contributed by atoms with Gasteiger partial charge in [0.25, 0.3) is 0 Å². The summed E-state index contributed by atoms with van der Waals surface area (Å²) in [6, 6.07) is 0. The Hall–Kier alpha value is -0.0800. The molecule has 2 aliphatic heterocycles. The van der Waals surface area contributed by atoms with Gasteiger partial charge in [0.15, 0.2) is 0 Å². The maximum atomic E-state index is 2.78. The molecule has 2 saturated heterocycles. The fourth-order valence-electron chi connectivity index (χ4n) is 3.45. The van der Waals surface area contributed by atoms with Crippen molar-refractivity contribution >= 4 is 0 Å². The first-order valence-corrected chi connectivity index (χ1v) is 7.90. The topological polar surface area (TPSA) is 6.48 Å². The average molecular weight is 238 g/mol. The van der Waals surface area contributed by atoms with Crippen molar-refractivity contribution in [2.24, 2.45) is 0 Å². The molecule has 0 spiro atoms. The number of hydrogen-bond donors (Lipinski definition) is 0. The second-order valence-corrected chi connectivity index (χ2v) is 5.82. The van der Waals surface area contributed by atoms with Crippen molar-refractivity contribution in [1.82, 2.24) is 9.80 Å². The molecule has 100 valence electrons. The molecule has 0 amide bonds. The molecular formula is C15H30N2. The average Bonchev–Trinajstić information content (AvgIpc) is 2.60. The van der Waals surface area contributed by atoms with Crippen LogP contribution in [0.15, 0.2) is 0 Å². The molecule has 2 heterocycles. The summed E-state index contributed by atoms with van der Waals surface area (Å²) in [6.45, 7) is 7.72. The molecule has 2 heteroatoms. The van der Waals surface area contributed by atoms with Crippen LogP contribution in [0.2, 0.25) is 0 Å². The summed E-state index contributed by atoms with van der Waals surface area (Å²) in [7, 11) is 0. The van der Waals surface area contributed by atoms with Crippen molar-refractivity contribution in [1.29, 1.82) is 0 Å². The normalized spacial score (nSPS) is 27.7. The lowest BCUT2D eigenvalue weighted by atomic mass is 10.1. The predicted molar refractivity (Wildman–Crippen MR) is 74.2 cm³/mol. The fraction of sp³-hybridized carbons (Fsp3) is 1.00. The Bertz CT molecular complexity index is 205. The van der Waals surface area contributed by atoms with Gasteiger partial charge in [0.05, 0.1) is 6.17 Å². The molecule has 0 bridgehead atoms. The molecule has 0 radical (unpaired) electrons. The Morgan fingerprint density at radius 3 is 2.65 bits per heavy atom. The highest BCUT2D eigenvalue weighted by Gasteiger charge is 2.29. The molecular weight excluding hydrogens is 208 g/mol. The van der Waals surface area contributed by atoms with Crippen LogP contribution in [0.4, 0.5) is 0 Å². The molecule has 2 nitrogen and oxygen atoms in total. The minimum absolute atomic E-state index is 0.799. The molecule has 2 fully saturated rings. The van der Waals surface area contributed by atoms with Gasteiger partial charge in [-0.3, -0.25) is 9.80 Å². The van der Waals surface area contributed by atoms with E-state index in [-0.39, 0.29) is 0 Å². The van der Waals surface area contributed by atoms with Gasteiger partial charge in [0, 0.05) is 13.1 Å². The number of rotatable bonds is 5. The molecule has 1 unspecified atom stereocenters. The molecule has 2 rings (SSSR count). The first kappa shape index (κ1) is 13.4. The number of hydrogen-bond acceptors (Lipinski definition) is 2. The van der Waals surface area contributed by atoms with Crippen molar-refractivity contribution < 1.29 is 0 Å². The molecule has 0 saturated carbocycles. The first-order valence-electron chi connectivity index (χ1n) is 7.90. The predicted octanol–water partition coefficient (Wildman–Crippen LogP) is 3.47. The van der Waals surface area contributed by atoms with Crippen LogP contribution in [-0.4, -0.2) is 42.1 Å². The number of fused-ring (bicyclic) bond motifs is 1. The third kappa shape index (κ3) is 3.96. The van der Waals surface area contributed by atoms with Gasteiger partial charge < -0.3 is 0 Å². The van der Waals surface area contributed by atoms with Crippen LogP contribution in [0.5, 0.6) is 0 Å². The van der Waals surface area contributed by atoms with Crippen LogP contribution >= 0.6 is 0 Å². The maximum Gasteiger partial charge on any atom is 0.0622 e. The lowest BCUT2D eigenvalue weighted by Crippen LogP contribution is -2.53. The minimum Gasteiger partial charge on any atom is -0.288 e. The van der Waals surface area contributed by atoms with Crippen molar-refractivity contribution in [3.8, 4) is 0 Å². The minimum atomic E-state index is 0.799. The number of nitrogens with zero attached hydrogens (tertiary/aromatic N) is 2. The summed E-state index contributed by atoms with van der Waals surface area (Å²) in [4.78, 5) is 5.54. The molecule has 0 aliphatic carbocycles. The quantitative estimate of drug-likeness (QED) is 0.677. The summed E-state index contributed by atoms with van der Waals surface area (Å²) < 4.78 is 0. The Labute approximate surface area is 107 Å². The van der Waals surface area contributed by atoms with Crippen molar-refractivity contribution in [2.75, 3.05) is 26.2 Å². The van der Waals surface area contributed by atoms with Crippen molar-refractivity contribution in [2.45, 2.75) is 70.9 Å². The van der Waals surface area contributed by atoms with Crippen LogP contribution in [0.1, 0.15) is 64.7 Å². The molecule has 0 aromatic heterocycles. The van der Waals surface area contributed by atoms with Gasteiger partial charge in [-0.05, 0) is 38.8 Å². The fourth-order valence-corrected chi connectivity index (χ4v) is 3.45. The van der Waals surface area contributed by atoms with E-state index < -0.39 is 0 Å². The van der Waals surface area contributed by atoms with Gasteiger partial charge in [-0.25, -0.2) is 0 Å². The van der Waals surface area contributed by atoms with E-state index in [0.29, 0.717) is 0 Å². The third-order valence-electron chi connectivity index (χ3n) is 4.44. The standard InChI is InChI=1S/C15H30N2/c1-2-3-4-7-11-16-13-9-14-17-12-8-5-6-10-15(16)17/h15H,2-14H2,1H3. The Morgan fingerprint density at radius 1 is 0.882 bits per heavy atom. The molecule has 0 aromatic rings. The largest absolute Gasteiger partial charge is 0.288 e. The Kier molecular flexibility index (Phi) is 5.79. The van der Waals surface area contributed by atoms with E-state index in [0.717, 1.165) is 6.17 Å². The van der Waals surface area contributed by atoms with Gasteiger partial charge in [-0.15, -0.1) is 0 Å². The Balaban J connectivity index is 1.78. The van der Waals surface area contributed by atoms with Crippen LogP contribution in [-0.2, 0) is 0 Å². The number of unbranched alkanes of at least 4 members (excludes halogenated alkanes) is 3. The second kappa shape index (κ2) is 7.38.